The molecule has 140 valence electrons. The molecular formula is C22H28O4. The highest BCUT2D eigenvalue weighted by Crippen LogP contribution is 2.71. The molecule has 3 saturated carbocycles. The van der Waals surface area contributed by atoms with Crippen molar-refractivity contribution in [1.29, 1.82) is 0 Å². The van der Waals surface area contributed by atoms with Crippen LogP contribution in [0.4, 0.5) is 0 Å². The van der Waals surface area contributed by atoms with Crippen molar-refractivity contribution in [1.82, 2.24) is 0 Å². The normalized spacial score (nSPS) is 45.6. The van der Waals surface area contributed by atoms with Crippen LogP contribution in [0.1, 0.15) is 69.6 Å². The summed E-state index contributed by atoms with van der Waals surface area (Å²) in [6, 6.07) is 2.15. The van der Waals surface area contributed by atoms with Crippen LogP contribution in [-0.4, -0.2) is 23.3 Å². The van der Waals surface area contributed by atoms with Crippen LogP contribution in [-0.2, 0) is 9.53 Å². The summed E-state index contributed by atoms with van der Waals surface area (Å²) in [6.07, 6.45) is 12.7. The number of fused-ring (bicyclic) bond motifs is 5. The van der Waals surface area contributed by atoms with Crippen LogP contribution in [0, 0.1) is 22.7 Å². The maximum Gasteiger partial charge on any atom is 0.302 e. The van der Waals surface area contributed by atoms with Gasteiger partial charge in [0.15, 0.2) is 0 Å². The molecule has 1 aromatic rings. The Bertz CT molecular complexity index is 779. The van der Waals surface area contributed by atoms with Gasteiger partial charge in [-0.05, 0) is 79.3 Å². The van der Waals surface area contributed by atoms with E-state index in [1.165, 1.54) is 12.5 Å². The number of rotatable bonds is 2. The lowest BCUT2D eigenvalue weighted by Gasteiger charge is -2.58. The lowest BCUT2D eigenvalue weighted by atomic mass is 9.46. The second kappa shape index (κ2) is 5.25. The molecule has 4 aliphatic carbocycles. The molecule has 1 aromatic heterocycles. The van der Waals surface area contributed by atoms with Crippen molar-refractivity contribution in [3.8, 4) is 0 Å². The van der Waals surface area contributed by atoms with Crippen LogP contribution in [0.2, 0.25) is 0 Å². The summed E-state index contributed by atoms with van der Waals surface area (Å²) in [7, 11) is 0. The summed E-state index contributed by atoms with van der Waals surface area (Å²) in [5.41, 5.74) is 0.810. The average Bonchev–Trinajstić information content (AvgIpc) is 3.14. The molecule has 6 atom stereocenters. The first-order chi connectivity index (χ1) is 12.4. The molecule has 3 fully saturated rings. The van der Waals surface area contributed by atoms with Gasteiger partial charge in [0.2, 0.25) is 0 Å². The van der Waals surface area contributed by atoms with Gasteiger partial charge >= 0.3 is 5.97 Å². The molecule has 0 radical (unpaired) electrons. The summed E-state index contributed by atoms with van der Waals surface area (Å²) in [5.74, 6) is 2.06. The van der Waals surface area contributed by atoms with Crippen molar-refractivity contribution in [3.63, 3.8) is 0 Å². The van der Waals surface area contributed by atoms with Crippen molar-refractivity contribution in [2.75, 3.05) is 6.61 Å². The van der Waals surface area contributed by atoms with Crippen molar-refractivity contribution in [2.24, 2.45) is 22.7 Å². The first kappa shape index (κ1) is 16.6. The predicted octanol–water partition coefficient (Wildman–Crippen LogP) is 4.29. The predicted molar refractivity (Wildman–Crippen MR) is 97.3 cm³/mol. The van der Waals surface area contributed by atoms with Gasteiger partial charge in [0, 0.05) is 12.5 Å². The quantitative estimate of drug-likeness (QED) is 0.803. The fourth-order valence-electron chi connectivity index (χ4n) is 7.27. The minimum absolute atomic E-state index is 0.118. The number of hydrogen-bond donors (Lipinski definition) is 1. The van der Waals surface area contributed by atoms with Gasteiger partial charge in [-0.1, -0.05) is 13.0 Å². The van der Waals surface area contributed by atoms with E-state index in [0.29, 0.717) is 11.8 Å². The maximum atomic E-state index is 11.3. The van der Waals surface area contributed by atoms with Crippen LogP contribution in [0.25, 0.3) is 6.08 Å². The monoisotopic (exact) mass is 356 g/mol. The van der Waals surface area contributed by atoms with E-state index in [9.17, 15) is 9.90 Å². The molecule has 1 N–H and O–H groups in total. The van der Waals surface area contributed by atoms with E-state index in [4.69, 9.17) is 9.15 Å². The van der Waals surface area contributed by atoms with E-state index in [1.807, 2.05) is 6.26 Å². The van der Waals surface area contributed by atoms with Crippen molar-refractivity contribution >= 4 is 12.0 Å². The Balaban J connectivity index is 1.48. The van der Waals surface area contributed by atoms with E-state index in [0.717, 1.165) is 44.3 Å². The van der Waals surface area contributed by atoms with Crippen LogP contribution < -0.4 is 0 Å². The lowest BCUT2D eigenvalue weighted by Crippen LogP contribution is -2.49. The molecule has 0 saturated heterocycles. The Kier molecular flexibility index (Phi) is 3.35. The van der Waals surface area contributed by atoms with E-state index < -0.39 is 5.60 Å². The first-order valence-corrected chi connectivity index (χ1v) is 9.99. The van der Waals surface area contributed by atoms with Gasteiger partial charge in [-0.2, -0.15) is 0 Å². The van der Waals surface area contributed by atoms with Crippen LogP contribution >= 0.6 is 0 Å². The maximum absolute atomic E-state index is 11.3. The number of hydrogen-bond acceptors (Lipinski definition) is 4. The highest BCUT2D eigenvalue weighted by atomic mass is 16.5. The average molecular weight is 356 g/mol. The number of ether oxygens (including phenoxy) is 1. The zero-order valence-electron chi connectivity index (χ0n) is 15.7. The number of aliphatic hydroxyl groups is 1. The highest BCUT2D eigenvalue weighted by Gasteiger charge is 2.65. The number of furan rings is 1. The van der Waals surface area contributed by atoms with Crippen molar-refractivity contribution < 1.29 is 19.1 Å². The summed E-state index contributed by atoms with van der Waals surface area (Å²) in [5, 5.41) is 11.3. The smallest absolute Gasteiger partial charge is 0.302 e. The highest BCUT2D eigenvalue weighted by molar-refractivity contribution is 5.66. The Morgan fingerprint density at radius 2 is 2.23 bits per heavy atom. The number of esters is 1. The standard InChI is InChI=1S/C22H28O4/c1-14(23)26-13-22(24)12-21-9-5-17-16-7-10-25-18(16)6-8-20(17,2)19(21)4-3-15(22)11-21/h6-8,10,15,17,19,24H,3-5,9,11-13H2,1-2H3/t15-,17+,19-,20+,21+,22-/m0/s1. The third-order valence-electron chi connectivity index (χ3n) is 8.27. The summed E-state index contributed by atoms with van der Waals surface area (Å²) < 4.78 is 10.9. The largest absolute Gasteiger partial charge is 0.465 e. The van der Waals surface area contributed by atoms with Crippen LogP contribution in [0.3, 0.4) is 0 Å². The van der Waals surface area contributed by atoms with Gasteiger partial charge in [-0.3, -0.25) is 4.79 Å². The first-order valence-electron chi connectivity index (χ1n) is 9.99. The second-order valence-corrected chi connectivity index (χ2v) is 9.48. The van der Waals surface area contributed by atoms with E-state index in [2.05, 4.69) is 25.1 Å². The number of carbonyl (C=O) groups is 1. The molecule has 4 heteroatoms. The summed E-state index contributed by atoms with van der Waals surface area (Å²) in [6.45, 7) is 4.00. The minimum atomic E-state index is -0.844. The van der Waals surface area contributed by atoms with Gasteiger partial charge in [0.25, 0.3) is 0 Å². The molecule has 5 rings (SSSR count). The molecule has 4 aliphatic rings. The zero-order valence-corrected chi connectivity index (χ0v) is 15.7. The fraction of sp³-hybridized carbons (Fsp3) is 0.682. The van der Waals surface area contributed by atoms with Gasteiger partial charge in [0.05, 0.1) is 6.26 Å². The van der Waals surface area contributed by atoms with Crippen LogP contribution in [0.5, 0.6) is 0 Å². The lowest BCUT2D eigenvalue weighted by molar-refractivity contribution is -0.151. The topological polar surface area (TPSA) is 59.7 Å². The minimum Gasteiger partial charge on any atom is -0.465 e. The fourth-order valence-corrected chi connectivity index (χ4v) is 7.27. The molecule has 1 spiro atoms. The molecule has 0 amide bonds. The van der Waals surface area contributed by atoms with Crippen LogP contribution in [0.15, 0.2) is 22.8 Å². The summed E-state index contributed by atoms with van der Waals surface area (Å²) >= 11 is 0. The van der Waals surface area contributed by atoms with Gasteiger partial charge in [0.1, 0.15) is 18.0 Å². The molecule has 2 bridgehead atoms. The zero-order chi connectivity index (χ0) is 18.2. The Hall–Kier alpha value is -1.55. The molecule has 26 heavy (non-hydrogen) atoms. The molecule has 1 heterocycles. The van der Waals surface area contributed by atoms with E-state index in [1.54, 1.807) is 0 Å². The SMILES string of the molecule is CC(=O)OC[C@@]1(O)C[C@]23CC[C@@H]4c5ccoc5C=C[C@@]4(C)[C@@H]2CC[C@H]1C3. The number of allylic oxidation sites excluding steroid dienone is 1. The van der Waals surface area contributed by atoms with Crippen molar-refractivity contribution in [3.05, 3.63) is 29.7 Å². The van der Waals surface area contributed by atoms with Crippen molar-refractivity contribution in [2.45, 2.75) is 63.9 Å². The Labute approximate surface area is 154 Å². The molecular weight excluding hydrogens is 328 g/mol. The summed E-state index contributed by atoms with van der Waals surface area (Å²) in [4.78, 5) is 11.3. The molecule has 4 nitrogen and oxygen atoms in total. The van der Waals surface area contributed by atoms with Gasteiger partial charge < -0.3 is 14.3 Å². The second-order valence-electron chi connectivity index (χ2n) is 9.48. The third-order valence-corrected chi connectivity index (χ3v) is 8.27. The van der Waals surface area contributed by atoms with Gasteiger partial charge in [-0.25, -0.2) is 0 Å². The Morgan fingerprint density at radius 3 is 3.04 bits per heavy atom. The van der Waals surface area contributed by atoms with Gasteiger partial charge in [-0.15, -0.1) is 0 Å². The van der Waals surface area contributed by atoms with E-state index in [-0.39, 0.29) is 29.3 Å². The molecule has 0 unspecified atom stereocenters. The molecule has 0 aliphatic heterocycles. The third kappa shape index (κ3) is 2.08. The Morgan fingerprint density at radius 1 is 1.38 bits per heavy atom. The molecule has 0 aromatic carbocycles. The number of carbonyl (C=O) groups excluding carboxylic acids is 1. The van der Waals surface area contributed by atoms with E-state index >= 15 is 0 Å².